The van der Waals surface area contributed by atoms with Crippen LogP contribution in [0.1, 0.15) is 6.92 Å². The van der Waals surface area contributed by atoms with Crippen LogP contribution in [0.4, 0.5) is 5.82 Å². The molecule has 1 fully saturated rings. The zero-order valence-electron chi connectivity index (χ0n) is 9.89. The lowest BCUT2D eigenvalue weighted by Crippen LogP contribution is -2.44. The van der Waals surface area contributed by atoms with Gasteiger partial charge in [0, 0.05) is 32.4 Å². The molecule has 0 amide bonds. The average Bonchev–Trinajstić information content (AvgIpc) is 2.31. The summed E-state index contributed by atoms with van der Waals surface area (Å²) < 4.78 is 5.57. The average molecular weight is 280 g/mol. The van der Waals surface area contributed by atoms with E-state index in [1.807, 2.05) is 25.3 Å². The number of nitrogens with zero attached hydrogens (tertiary/aromatic N) is 2. The molecule has 0 unspecified atom stereocenters. The summed E-state index contributed by atoms with van der Waals surface area (Å²) in [5.41, 5.74) is 0. The van der Waals surface area contributed by atoms with Crippen LogP contribution in [-0.4, -0.2) is 37.8 Å². The van der Waals surface area contributed by atoms with Gasteiger partial charge in [0.05, 0.1) is 6.61 Å². The van der Waals surface area contributed by atoms with E-state index in [0.717, 1.165) is 37.7 Å². The van der Waals surface area contributed by atoms with E-state index in [1.54, 1.807) is 0 Å². The van der Waals surface area contributed by atoms with Crippen molar-refractivity contribution >= 4 is 30.6 Å². The van der Waals surface area contributed by atoms with Crippen LogP contribution in [0.5, 0.6) is 5.75 Å². The highest BCUT2D eigenvalue weighted by molar-refractivity contribution is 5.85. The van der Waals surface area contributed by atoms with Crippen molar-refractivity contribution in [1.29, 1.82) is 0 Å². The van der Waals surface area contributed by atoms with E-state index in [9.17, 15) is 0 Å². The highest BCUT2D eigenvalue weighted by Crippen LogP contribution is 2.25. The molecule has 6 heteroatoms. The van der Waals surface area contributed by atoms with Crippen molar-refractivity contribution in [2.75, 3.05) is 37.7 Å². The monoisotopic (exact) mass is 279 g/mol. The zero-order chi connectivity index (χ0) is 10.5. The normalized spacial score (nSPS) is 14.5. The molecule has 98 valence electrons. The molecule has 1 aromatic heterocycles. The van der Waals surface area contributed by atoms with Crippen molar-refractivity contribution in [3.8, 4) is 5.75 Å². The first-order chi connectivity index (χ1) is 7.42. The quantitative estimate of drug-likeness (QED) is 0.915. The van der Waals surface area contributed by atoms with E-state index in [4.69, 9.17) is 4.74 Å². The number of nitrogens with one attached hydrogen (secondary N) is 1. The second-order valence-electron chi connectivity index (χ2n) is 3.50. The Morgan fingerprint density at radius 2 is 2.06 bits per heavy atom. The molecule has 1 aromatic rings. The maximum atomic E-state index is 5.57. The summed E-state index contributed by atoms with van der Waals surface area (Å²) >= 11 is 0. The van der Waals surface area contributed by atoms with Gasteiger partial charge in [0.25, 0.3) is 0 Å². The molecule has 1 saturated heterocycles. The third-order valence-electron chi connectivity index (χ3n) is 2.47. The van der Waals surface area contributed by atoms with Gasteiger partial charge in [0.2, 0.25) is 0 Å². The molecule has 0 atom stereocenters. The van der Waals surface area contributed by atoms with Crippen molar-refractivity contribution in [2.45, 2.75) is 6.92 Å². The summed E-state index contributed by atoms with van der Waals surface area (Å²) in [4.78, 5) is 6.66. The summed E-state index contributed by atoms with van der Waals surface area (Å²) in [5, 5.41) is 3.33. The van der Waals surface area contributed by atoms with Crippen LogP contribution in [0.15, 0.2) is 18.3 Å². The molecule has 2 heterocycles. The highest BCUT2D eigenvalue weighted by atomic mass is 35.5. The number of rotatable bonds is 3. The summed E-state index contributed by atoms with van der Waals surface area (Å²) in [5.74, 6) is 1.86. The van der Waals surface area contributed by atoms with Gasteiger partial charge in [0.1, 0.15) is 0 Å². The first-order valence-corrected chi connectivity index (χ1v) is 5.45. The number of hydrogen-bond donors (Lipinski definition) is 1. The third kappa shape index (κ3) is 4.22. The largest absolute Gasteiger partial charge is 0.490 e. The molecule has 0 spiro atoms. The topological polar surface area (TPSA) is 37.4 Å². The van der Waals surface area contributed by atoms with Crippen molar-refractivity contribution in [3.05, 3.63) is 18.3 Å². The smallest absolute Gasteiger partial charge is 0.171 e. The number of ether oxygens (including phenoxy) is 1. The minimum atomic E-state index is 0. The molecule has 0 aliphatic carbocycles. The Labute approximate surface area is 115 Å². The molecule has 0 bridgehead atoms. The maximum Gasteiger partial charge on any atom is 0.171 e. The van der Waals surface area contributed by atoms with Gasteiger partial charge < -0.3 is 15.0 Å². The van der Waals surface area contributed by atoms with Crippen molar-refractivity contribution in [1.82, 2.24) is 10.3 Å². The Hall–Kier alpha value is -0.710. The molecular formula is C11H19Cl2N3O. The van der Waals surface area contributed by atoms with Gasteiger partial charge in [-0.05, 0) is 19.1 Å². The van der Waals surface area contributed by atoms with E-state index < -0.39 is 0 Å². The Kier molecular flexibility index (Phi) is 8.04. The maximum absolute atomic E-state index is 5.57. The number of pyridine rings is 1. The van der Waals surface area contributed by atoms with Crippen LogP contribution >= 0.6 is 24.8 Å². The van der Waals surface area contributed by atoms with Gasteiger partial charge in [-0.15, -0.1) is 24.8 Å². The van der Waals surface area contributed by atoms with Crippen molar-refractivity contribution < 1.29 is 4.74 Å². The molecule has 2 rings (SSSR count). The zero-order valence-corrected chi connectivity index (χ0v) is 11.5. The lowest BCUT2D eigenvalue weighted by Gasteiger charge is -2.29. The predicted octanol–water partition coefficient (Wildman–Crippen LogP) is 1.73. The van der Waals surface area contributed by atoms with Gasteiger partial charge in [-0.2, -0.15) is 0 Å². The fraction of sp³-hybridized carbons (Fsp3) is 0.545. The summed E-state index contributed by atoms with van der Waals surface area (Å²) in [7, 11) is 0. The lowest BCUT2D eigenvalue weighted by atomic mass is 10.3. The Balaban J connectivity index is 0.00000128. The summed E-state index contributed by atoms with van der Waals surface area (Å²) in [6.45, 7) is 6.71. The summed E-state index contributed by atoms with van der Waals surface area (Å²) in [6.07, 6.45) is 1.82. The van der Waals surface area contributed by atoms with Crippen molar-refractivity contribution in [2.24, 2.45) is 0 Å². The number of anilines is 1. The van der Waals surface area contributed by atoms with E-state index in [0.29, 0.717) is 6.61 Å². The van der Waals surface area contributed by atoms with E-state index >= 15 is 0 Å². The number of hydrogen-bond acceptors (Lipinski definition) is 4. The number of aromatic nitrogens is 1. The second-order valence-corrected chi connectivity index (χ2v) is 3.50. The minimum absolute atomic E-state index is 0. The first-order valence-electron chi connectivity index (χ1n) is 5.45. The third-order valence-corrected chi connectivity index (χ3v) is 2.47. The highest BCUT2D eigenvalue weighted by Gasteiger charge is 2.15. The predicted molar refractivity (Wildman–Crippen MR) is 75.0 cm³/mol. The first kappa shape index (κ1) is 16.3. The Morgan fingerprint density at radius 3 is 2.71 bits per heavy atom. The van der Waals surface area contributed by atoms with Crippen LogP contribution in [-0.2, 0) is 0 Å². The minimum Gasteiger partial charge on any atom is -0.490 e. The van der Waals surface area contributed by atoms with Gasteiger partial charge in [-0.1, -0.05) is 0 Å². The summed E-state index contributed by atoms with van der Waals surface area (Å²) in [6, 6.07) is 3.89. The van der Waals surface area contributed by atoms with E-state index in [1.165, 1.54) is 0 Å². The fourth-order valence-electron chi connectivity index (χ4n) is 1.76. The molecule has 0 aromatic carbocycles. The molecule has 1 aliphatic rings. The standard InChI is InChI=1S/C11H17N3O.2ClH/c1-2-15-10-4-3-5-13-11(10)14-8-6-12-7-9-14;;/h3-5,12H,2,6-9H2,1H3;2*1H. The van der Waals surface area contributed by atoms with E-state index in [2.05, 4.69) is 15.2 Å². The molecule has 1 aliphatic heterocycles. The SMILES string of the molecule is CCOc1cccnc1N1CCNCC1.Cl.Cl. The number of halogens is 2. The Bertz CT molecular complexity index is 319. The lowest BCUT2D eigenvalue weighted by molar-refractivity contribution is 0.338. The molecule has 1 N–H and O–H groups in total. The Morgan fingerprint density at radius 1 is 1.35 bits per heavy atom. The van der Waals surface area contributed by atoms with Gasteiger partial charge in [-0.3, -0.25) is 0 Å². The molecule has 4 nitrogen and oxygen atoms in total. The molecular weight excluding hydrogens is 261 g/mol. The van der Waals surface area contributed by atoms with Crippen LogP contribution < -0.4 is 15.0 Å². The number of piperazine rings is 1. The molecule has 17 heavy (non-hydrogen) atoms. The van der Waals surface area contributed by atoms with Crippen LogP contribution in [0.3, 0.4) is 0 Å². The van der Waals surface area contributed by atoms with E-state index in [-0.39, 0.29) is 24.8 Å². The molecule has 0 radical (unpaired) electrons. The second kappa shape index (κ2) is 8.39. The van der Waals surface area contributed by atoms with Gasteiger partial charge >= 0.3 is 0 Å². The van der Waals surface area contributed by atoms with Gasteiger partial charge in [-0.25, -0.2) is 4.98 Å². The fourth-order valence-corrected chi connectivity index (χ4v) is 1.76. The molecule has 0 saturated carbocycles. The van der Waals surface area contributed by atoms with Crippen LogP contribution in [0.2, 0.25) is 0 Å². The van der Waals surface area contributed by atoms with Crippen LogP contribution in [0.25, 0.3) is 0 Å². The van der Waals surface area contributed by atoms with Crippen LogP contribution in [0, 0.1) is 0 Å². The van der Waals surface area contributed by atoms with Crippen molar-refractivity contribution in [3.63, 3.8) is 0 Å². The van der Waals surface area contributed by atoms with Gasteiger partial charge in [0.15, 0.2) is 11.6 Å².